The molecule has 0 saturated carbocycles. The number of ether oxygens (including phenoxy) is 1. The van der Waals surface area contributed by atoms with E-state index in [4.69, 9.17) is 4.74 Å². The van der Waals surface area contributed by atoms with Gasteiger partial charge in [-0.25, -0.2) is 4.79 Å². The molecule has 2 aromatic rings. The first-order valence-corrected chi connectivity index (χ1v) is 6.44. The Morgan fingerprint density at radius 2 is 2.00 bits per heavy atom. The second kappa shape index (κ2) is 5.25. The number of benzene rings is 1. The van der Waals surface area contributed by atoms with E-state index in [0.717, 1.165) is 29.3 Å². The zero-order valence-corrected chi connectivity index (χ0v) is 11.2. The summed E-state index contributed by atoms with van der Waals surface area (Å²) in [5.74, 6) is -0.223. The maximum Gasteiger partial charge on any atom is 0.355 e. The van der Waals surface area contributed by atoms with Gasteiger partial charge in [0.2, 0.25) is 0 Å². The van der Waals surface area contributed by atoms with E-state index in [-0.39, 0.29) is 5.97 Å². The molecule has 18 heavy (non-hydrogen) atoms. The van der Waals surface area contributed by atoms with Crippen molar-refractivity contribution in [3.8, 4) is 0 Å². The summed E-state index contributed by atoms with van der Waals surface area (Å²) >= 11 is 0. The number of esters is 1. The summed E-state index contributed by atoms with van der Waals surface area (Å²) in [5.41, 5.74) is 2.89. The van der Waals surface area contributed by atoms with Crippen molar-refractivity contribution < 1.29 is 9.53 Å². The van der Waals surface area contributed by atoms with Crippen LogP contribution in [-0.2, 0) is 18.2 Å². The molecule has 0 fully saturated rings. The molecule has 3 heteroatoms. The van der Waals surface area contributed by atoms with Crippen LogP contribution in [-0.4, -0.2) is 17.1 Å². The van der Waals surface area contributed by atoms with Crippen LogP contribution in [0.2, 0.25) is 0 Å². The van der Waals surface area contributed by atoms with Gasteiger partial charge in [-0.3, -0.25) is 0 Å². The van der Waals surface area contributed by atoms with Crippen LogP contribution >= 0.6 is 0 Å². The van der Waals surface area contributed by atoms with Gasteiger partial charge in [0.25, 0.3) is 0 Å². The fourth-order valence-corrected chi connectivity index (χ4v) is 2.43. The Labute approximate surface area is 107 Å². The minimum absolute atomic E-state index is 0.223. The highest BCUT2D eigenvalue weighted by atomic mass is 16.5. The van der Waals surface area contributed by atoms with Gasteiger partial charge in [-0.15, -0.1) is 0 Å². The van der Waals surface area contributed by atoms with Crippen LogP contribution in [0.4, 0.5) is 0 Å². The Morgan fingerprint density at radius 1 is 1.28 bits per heavy atom. The summed E-state index contributed by atoms with van der Waals surface area (Å²) in [4.78, 5) is 12.1. The fourth-order valence-electron chi connectivity index (χ4n) is 2.43. The van der Waals surface area contributed by atoms with Crippen molar-refractivity contribution in [2.75, 3.05) is 6.61 Å². The third kappa shape index (κ3) is 2.01. The molecule has 0 aliphatic heterocycles. The zero-order valence-electron chi connectivity index (χ0n) is 11.2. The summed E-state index contributed by atoms with van der Waals surface area (Å²) in [5, 5.41) is 1.16. The van der Waals surface area contributed by atoms with Gasteiger partial charge in [-0.05, 0) is 25.0 Å². The first kappa shape index (κ1) is 12.7. The van der Waals surface area contributed by atoms with Crippen LogP contribution in [0.5, 0.6) is 0 Å². The second-order valence-electron chi connectivity index (χ2n) is 4.37. The molecule has 0 N–H and O–H groups in total. The lowest BCUT2D eigenvalue weighted by Gasteiger charge is -2.06. The average Bonchev–Trinajstić information content (AvgIpc) is 2.65. The third-order valence-corrected chi connectivity index (χ3v) is 3.18. The van der Waals surface area contributed by atoms with Crippen molar-refractivity contribution >= 4 is 16.9 Å². The molecular weight excluding hydrogens is 226 g/mol. The number of hydrogen-bond acceptors (Lipinski definition) is 2. The number of hydrogen-bond donors (Lipinski definition) is 0. The Balaban J connectivity index is 2.65. The van der Waals surface area contributed by atoms with Gasteiger partial charge in [0.15, 0.2) is 0 Å². The Hall–Kier alpha value is -1.77. The summed E-state index contributed by atoms with van der Waals surface area (Å²) in [6, 6.07) is 8.11. The first-order valence-electron chi connectivity index (χ1n) is 6.44. The van der Waals surface area contributed by atoms with Crippen LogP contribution in [0, 0.1) is 0 Å². The number of para-hydroxylation sites is 1. The van der Waals surface area contributed by atoms with Crippen molar-refractivity contribution in [3.05, 3.63) is 35.5 Å². The quantitative estimate of drug-likeness (QED) is 0.774. The molecule has 0 bridgehead atoms. The molecule has 1 aromatic carbocycles. The molecule has 0 spiro atoms. The topological polar surface area (TPSA) is 31.2 Å². The van der Waals surface area contributed by atoms with Gasteiger partial charge in [0, 0.05) is 18.0 Å². The number of rotatable bonds is 4. The number of nitrogens with zero attached hydrogens (tertiary/aromatic N) is 1. The molecular formula is C15H19NO2. The first-order chi connectivity index (χ1) is 8.70. The molecule has 1 aromatic heterocycles. The van der Waals surface area contributed by atoms with Crippen LogP contribution in [0.25, 0.3) is 10.9 Å². The van der Waals surface area contributed by atoms with Crippen molar-refractivity contribution in [1.82, 2.24) is 4.57 Å². The van der Waals surface area contributed by atoms with Crippen LogP contribution < -0.4 is 0 Å². The number of aromatic nitrogens is 1. The van der Waals surface area contributed by atoms with Gasteiger partial charge < -0.3 is 9.30 Å². The minimum atomic E-state index is -0.223. The van der Waals surface area contributed by atoms with Gasteiger partial charge >= 0.3 is 5.97 Å². The van der Waals surface area contributed by atoms with Crippen LogP contribution in [0.3, 0.4) is 0 Å². The number of carbonyl (C=O) groups is 1. The molecule has 0 aliphatic carbocycles. The number of fused-ring (bicyclic) bond motifs is 1. The monoisotopic (exact) mass is 245 g/mol. The highest BCUT2D eigenvalue weighted by Crippen LogP contribution is 2.27. The standard InChI is InChI=1S/C15H19NO2/c1-4-8-12-11-9-6-7-10-13(11)16(3)14(12)15(17)18-5-2/h6-7,9-10H,4-5,8H2,1-3H3. The molecule has 0 aliphatic rings. The van der Waals surface area contributed by atoms with Crippen LogP contribution in [0.1, 0.15) is 36.3 Å². The van der Waals surface area contributed by atoms with E-state index in [2.05, 4.69) is 13.0 Å². The second-order valence-corrected chi connectivity index (χ2v) is 4.37. The van der Waals surface area contributed by atoms with E-state index in [1.54, 1.807) is 0 Å². The minimum Gasteiger partial charge on any atom is -0.461 e. The summed E-state index contributed by atoms with van der Waals surface area (Å²) < 4.78 is 7.11. The largest absolute Gasteiger partial charge is 0.461 e. The van der Waals surface area contributed by atoms with E-state index in [1.807, 2.05) is 36.7 Å². The van der Waals surface area contributed by atoms with Crippen molar-refractivity contribution in [2.24, 2.45) is 7.05 Å². The molecule has 0 unspecified atom stereocenters. The molecule has 0 saturated heterocycles. The normalized spacial score (nSPS) is 10.8. The van der Waals surface area contributed by atoms with Gasteiger partial charge in [0.1, 0.15) is 5.69 Å². The maximum atomic E-state index is 12.1. The molecule has 0 atom stereocenters. The van der Waals surface area contributed by atoms with Crippen molar-refractivity contribution in [2.45, 2.75) is 26.7 Å². The lowest BCUT2D eigenvalue weighted by molar-refractivity contribution is 0.0514. The predicted molar refractivity (Wildman–Crippen MR) is 72.9 cm³/mol. The third-order valence-electron chi connectivity index (χ3n) is 3.18. The summed E-state index contributed by atoms with van der Waals surface area (Å²) in [7, 11) is 1.92. The van der Waals surface area contributed by atoms with Gasteiger partial charge in [-0.1, -0.05) is 31.5 Å². The van der Waals surface area contributed by atoms with E-state index in [1.165, 1.54) is 0 Å². The molecule has 0 amide bonds. The van der Waals surface area contributed by atoms with E-state index >= 15 is 0 Å². The highest BCUT2D eigenvalue weighted by Gasteiger charge is 2.20. The lowest BCUT2D eigenvalue weighted by Crippen LogP contribution is -2.12. The van der Waals surface area contributed by atoms with E-state index < -0.39 is 0 Å². The predicted octanol–water partition coefficient (Wildman–Crippen LogP) is 3.31. The molecule has 2 rings (SSSR count). The number of carbonyl (C=O) groups excluding carboxylic acids is 1. The molecule has 1 heterocycles. The van der Waals surface area contributed by atoms with Gasteiger partial charge in [-0.2, -0.15) is 0 Å². The smallest absolute Gasteiger partial charge is 0.355 e. The maximum absolute atomic E-state index is 12.1. The Morgan fingerprint density at radius 3 is 2.67 bits per heavy atom. The molecule has 96 valence electrons. The van der Waals surface area contributed by atoms with Crippen molar-refractivity contribution in [1.29, 1.82) is 0 Å². The van der Waals surface area contributed by atoms with Crippen LogP contribution in [0.15, 0.2) is 24.3 Å². The summed E-state index contributed by atoms with van der Waals surface area (Å²) in [6.45, 7) is 4.36. The number of aryl methyl sites for hydroxylation is 2. The van der Waals surface area contributed by atoms with Gasteiger partial charge in [0.05, 0.1) is 6.61 Å². The Kier molecular flexibility index (Phi) is 3.70. The van der Waals surface area contributed by atoms with E-state index in [9.17, 15) is 4.79 Å². The Bertz CT molecular complexity index is 569. The summed E-state index contributed by atoms with van der Waals surface area (Å²) in [6.07, 6.45) is 1.91. The SMILES string of the molecule is CCCc1c(C(=O)OCC)n(C)c2ccccc12. The van der Waals surface area contributed by atoms with E-state index in [0.29, 0.717) is 12.3 Å². The van der Waals surface area contributed by atoms with Crippen molar-refractivity contribution in [3.63, 3.8) is 0 Å². The average molecular weight is 245 g/mol. The fraction of sp³-hybridized carbons (Fsp3) is 0.400. The zero-order chi connectivity index (χ0) is 13.1. The lowest BCUT2D eigenvalue weighted by atomic mass is 10.1. The highest BCUT2D eigenvalue weighted by molar-refractivity contribution is 5.99. The molecule has 0 radical (unpaired) electrons. The molecule has 3 nitrogen and oxygen atoms in total.